The number of benzene rings is 9. The first-order valence-electron chi connectivity index (χ1n) is 19.4. The van der Waals surface area contributed by atoms with E-state index in [1.807, 2.05) is 23.1 Å². The summed E-state index contributed by atoms with van der Waals surface area (Å²) in [5.41, 5.74) is 11.7. The van der Waals surface area contributed by atoms with Gasteiger partial charge in [0.05, 0.1) is 0 Å². The molecule has 2 unspecified atom stereocenters. The summed E-state index contributed by atoms with van der Waals surface area (Å²) in [4.78, 5) is 1.41. The normalized spacial score (nSPS) is 16.2. The van der Waals surface area contributed by atoms with Gasteiger partial charge in [0.15, 0.2) is 0 Å². The quantitative estimate of drug-likeness (QED) is 0.162. The number of thiophene rings is 1. The second-order valence-corrected chi connectivity index (χ2v) is 17.4. The number of allylic oxidation sites excluding steroid dienone is 3. The first-order valence-corrected chi connectivity index (χ1v) is 21.1. The number of fused-ring (bicyclic) bond motifs is 12. The van der Waals surface area contributed by atoms with Gasteiger partial charge in [-0.05, 0) is 119 Å². The van der Waals surface area contributed by atoms with Gasteiger partial charge in [-0.15, -0.1) is 23.1 Å². The summed E-state index contributed by atoms with van der Waals surface area (Å²) in [6.45, 7) is 0. The highest BCUT2D eigenvalue weighted by Gasteiger charge is 2.35. The van der Waals surface area contributed by atoms with Gasteiger partial charge in [-0.2, -0.15) is 0 Å². The summed E-state index contributed by atoms with van der Waals surface area (Å²) in [6, 6.07) is 65.8. The highest BCUT2D eigenvalue weighted by Crippen LogP contribution is 2.53. The Morgan fingerprint density at radius 1 is 0.393 bits per heavy atom. The van der Waals surface area contributed by atoms with Crippen LogP contribution in [0.1, 0.15) is 17.0 Å². The van der Waals surface area contributed by atoms with Gasteiger partial charge in [0.1, 0.15) is 0 Å². The Kier molecular flexibility index (Phi) is 7.27. The molecule has 0 bridgehead atoms. The van der Waals surface area contributed by atoms with Crippen LogP contribution in [0.15, 0.2) is 199 Å². The average molecular weight is 747 g/mol. The van der Waals surface area contributed by atoms with Crippen molar-refractivity contribution in [3.63, 3.8) is 0 Å². The van der Waals surface area contributed by atoms with E-state index < -0.39 is 0 Å². The zero-order valence-electron chi connectivity index (χ0n) is 30.4. The van der Waals surface area contributed by atoms with Crippen molar-refractivity contribution in [2.75, 3.05) is 0 Å². The first-order chi connectivity index (χ1) is 27.7. The van der Waals surface area contributed by atoms with Crippen molar-refractivity contribution in [3.05, 3.63) is 205 Å². The van der Waals surface area contributed by atoms with Crippen LogP contribution in [0.2, 0.25) is 0 Å². The van der Waals surface area contributed by atoms with E-state index in [0.29, 0.717) is 11.2 Å². The van der Waals surface area contributed by atoms with E-state index in [1.54, 1.807) is 0 Å². The van der Waals surface area contributed by atoms with Gasteiger partial charge >= 0.3 is 0 Å². The molecule has 0 N–H and O–H groups in total. The topological polar surface area (TPSA) is 0 Å². The molecular formula is C54H34S2. The van der Waals surface area contributed by atoms with Crippen LogP contribution < -0.4 is 0 Å². The van der Waals surface area contributed by atoms with Gasteiger partial charge in [0, 0.05) is 36.2 Å². The van der Waals surface area contributed by atoms with Crippen molar-refractivity contribution >= 4 is 81.2 Å². The van der Waals surface area contributed by atoms with E-state index in [0.717, 1.165) is 0 Å². The maximum atomic E-state index is 2.43. The molecule has 0 amide bonds. The molecule has 2 atom stereocenters. The summed E-state index contributed by atoms with van der Waals surface area (Å²) in [6.07, 6.45) is 6.97. The fourth-order valence-electron chi connectivity index (χ4n) is 9.37. The molecule has 0 nitrogen and oxygen atoms in total. The van der Waals surface area contributed by atoms with Crippen molar-refractivity contribution in [1.82, 2.24) is 0 Å². The highest BCUT2D eigenvalue weighted by molar-refractivity contribution is 8.00. The lowest BCUT2D eigenvalue weighted by molar-refractivity contribution is 0.893. The van der Waals surface area contributed by atoms with Gasteiger partial charge in [-0.25, -0.2) is 0 Å². The Bertz CT molecular complexity index is 3300. The van der Waals surface area contributed by atoms with E-state index in [-0.39, 0.29) is 0 Å². The molecule has 0 saturated heterocycles. The van der Waals surface area contributed by atoms with Crippen molar-refractivity contribution < 1.29 is 0 Å². The van der Waals surface area contributed by atoms with Gasteiger partial charge in [0.25, 0.3) is 0 Å². The molecule has 56 heavy (non-hydrogen) atoms. The smallest absolute Gasteiger partial charge is 0.0454 e. The third-order valence-electron chi connectivity index (χ3n) is 12.0. The van der Waals surface area contributed by atoms with Gasteiger partial charge < -0.3 is 0 Å². The van der Waals surface area contributed by atoms with Gasteiger partial charge in [0.2, 0.25) is 0 Å². The molecule has 2 heterocycles. The summed E-state index contributed by atoms with van der Waals surface area (Å²) < 4.78 is 2.68. The molecule has 1 aliphatic carbocycles. The summed E-state index contributed by atoms with van der Waals surface area (Å²) in [5.74, 6) is 0.416. The number of hydrogen-bond acceptors (Lipinski definition) is 2. The van der Waals surface area contributed by atoms with Crippen molar-refractivity contribution in [2.24, 2.45) is 0 Å². The second kappa shape index (κ2) is 12.7. The standard InChI is InChI=1S/C54H34S2/c1-2-16-42-41(15-1)43-27-25-35(33-11-7-13-37(29-33)39-19-9-21-47-45-17-3-5-23-51(45)55-53(39)47)31-49(43)50-32-36(26-28-44(42)50)34-12-8-14-38(30-34)40-20-10-22-48-46-18-4-6-24-52(46)56-54(40)48/h1-32,47,53H. The van der Waals surface area contributed by atoms with Crippen LogP contribution >= 0.6 is 23.1 Å². The molecule has 1 aromatic heterocycles. The number of thioether (sulfide) groups is 1. The molecule has 1 aliphatic heterocycles. The molecule has 10 aromatic rings. The Labute approximate surface area is 334 Å². The molecular weight excluding hydrogens is 713 g/mol. The SMILES string of the molecule is C1=CC2c3ccccc3SC2C(c2cccc(-c3ccc4c5ccccc5c5ccc(-c6cccc(-c7cccc8c7sc7ccccc78)c6)cc5c4c3)c2)=C1. The summed E-state index contributed by atoms with van der Waals surface area (Å²) in [7, 11) is 0. The molecule has 12 rings (SSSR count). The third-order valence-corrected chi connectivity index (χ3v) is 14.7. The Morgan fingerprint density at radius 2 is 0.964 bits per heavy atom. The molecule has 9 aromatic carbocycles. The monoisotopic (exact) mass is 746 g/mol. The minimum atomic E-state index is 0.398. The van der Waals surface area contributed by atoms with E-state index in [1.165, 1.54) is 107 Å². The maximum Gasteiger partial charge on any atom is 0.0454 e. The van der Waals surface area contributed by atoms with Crippen molar-refractivity contribution in [1.29, 1.82) is 0 Å². The van der Waals surface area contributed by atoms with E-state index in [4.69, 9.17) is 0 Å². The van der Waals surface area contributed by atoms with E-state index in [9.17, 15) is 0 Å². The predicted molar refractivity (Wildman–Crippen MR) is 244 cm³/mol. The number of rotatable bonds is 4. The lowest BCUT2D eigenvalue weighted by Crippen LogP contribution is -2.13. The number of hydrogen-bond donors (Lipinski definition) is 0. The zero-order chi connectivity index (χ0) is 36.7. The van der Waals surface area contributed by atoms with E-state index >= 15 is 0 Å². The van der Waals surface area contributed by atoms with E-state index in [2.05, 4.69) is 194 Å². The second-order valence-electron chi connectivity index (χ2n) is 15.1. The molecule has 2 aliphatic rings. The summed E-state index contributed by atoms with van der Waals surface area (Å²) in [5, 5.41) is 10.8. The molecule has 262 valence electrons. The maximum absolute atomic E-state index is 2.43. The lowest BCUT2D eigenvalue weighted by atomic mass is 9.84. The van der Waals surface area contributed by atoms with Crippen LogP contribution in [0, 0.1) is 0 Å². The van der Waals surface area contributed by atoms with Crippen molar-refractivity contribution in [2.45, 2.75) is 16.1 Å². The average Bonchev–Trinajstić information content (AvgIpc) is 3.85. The summed E-state index contributed by atoms with van der Waals surface area (Å²) >= 11 is 3.90. The molecule has 0 fully saturated rings. The fraction of sp³-hybridized carbons (Fsp3) is 0.0370. The van der Waals surface area contributed by atoms with Crippen LogP contribution in [0.5, 0.6) is 0 Å². The Hall–Kier alpha value is -6.19. The van der Waals surface area contributed by atoms with Gasteiger partial charge in [-0.1, -0.05) is 158 Å². The van der Waals surface area contributed by atoms with Crippen LogP contribution in [0.3, 0.4) is 0 Å². The van der Waals surface area contributed by atoms with Crippen LogP contribution in [0.25, 0.3) is 91.4 Å². The minimum Gasteiger partial charge on any atom is -0.135 e. The van der Waals surface area contributed by atoms with Crippen LogP contribution in [-0.4, -0.2) is 5.25 Å². The molecule has 0 spiro atoms. The van der Waals surface area contributed by atoms with Crippen LogP contribution in [-0.2, 0) is 0 Å². The lowest BCUT2D eigenvalue weighted by Gasteiger charge is -2.23. The molecule has 2 heteroatoms. The highest BCUT2D eigenvalue weighted by atomic mass is 32.2. The van der Waals surface area contributed by atoms with Crippen LogP contribution in [0.4, 0.5) is 0 Å². The Balaban J connectivity index is 0.981. The zero-order valence-corrected chi connectivity index (χ0v) is 32.1. The molecule has 0 radical (unpaired) electrons. The fourth-order valence-corrected chi connectivity index (χ4v) is 12.1. The van der Waals surface area contributed by atoms with Crippen molar-refractivity contribution in [3.8, 4) is 33.4 Å². The predicted octanol–water partition coefficient (Wildman–Crippen LogP) is 15.7. The largest absolute Gasteiger partial charge is 0.135 e. The third kappa shape index (κ3) is 5.00. The molecule has 0 saturated carbocycles. The Morgan fingerprint density at radius 3 is 1.73 bits per heavy atom. The van der Waals surface area contributed by atoms with Gasteiger partial charge in [-0.3, -0.25) is 0 Å². The first kappa shape index (κ1) is 32.1. The minimum absolute atomic E-state index is 0.398.